The second-order valence-electron chi connectivity index (χ2n) is 5.58. The third-order valence-electron chi connectivity index (χ3n) is 3.99. The quantitative estimate of drug-likeness (QED) is 0.572. The van der Waals surface area contributed by atoms with Crippen molar-refractivity contribution < 1.29 is 9.72 Å². The summed E-state index contributed by atoms with van der Waals surface area (Å²) in [6, 6.07) is 8.87. The van der Waals surface area contributed by atoms with Gasteiger partial charge in [-0.2, -0.15) is 0 Å². The number of nitrogens with zero attached hydrogens (tertiary/aromatic N) is 3. The van der Waals surface area contributed by atoms with Crippen LogP contribution in [0.1, 0.15) is 14.5 Å². The SMILES string of the molecule is Cc1ccc(C(=O)N2CCN(c3ccc(Br)cc3[N+](=O)[O-])CC2)s1. The smallest absolute Gasteiger partial charge is 0.293 e. The normalized spacial score (nSPS) is 14.8. The van der Waals surface area contributed by atoms with E-state index < -0.39 is 0 Å². The Labute approximate surface area is 152 Å². The number of thiophene rings is 1. The van der Waals surface area contributed by atoms with Crippen molar-refractivity contribution in [1.29, 1.82) is 0 Å². The van der Waals surface area contributed by atoms with Gasteiger partial charge in [-0.3, -0.25) is 14.9 Å². The number of hydrogen-bond donors (Lipinski definition) is 0. The molecular formula is C16H16BrN3O3S. The highest BCUT2D eigenvalue weighted by atomic mass is 79.9. The number of halogens is 1. The lowest BCUT2D eigenvalue weighted by atomic mass is 10.2. The summed E-state index contributed by atoms with van der Waals surface area (Å²) < 4.78 is 0.680. The maximum absolute atomic E-state index is 12.5. The maximum Gasteiger partial charge on any atom is 0.293 e. The molecule has 0 radical (unpaired) electrons. The fourth-order valence-corrected chi connectivity index (χ4v) is 3.95. The zero-order valence-corrected chi connectivity index (χ0v) is 15.5. The number of piperazine rings is 1. The van der Waals surface area contributed by atoms with E-state index in [-0.39, 0.29) is 16.5 Å². The van der Waals surface area contributed by atoms with Gasteiger partial charge in [-0.25, -0.2) is 0 Å². The number of carbonyl (C=O) groups is 1. The Morgan fingerprint density at radius 1 is 1.21 bits per heavy atom. The van der Waals surface area contributed by atoms with Gasteiger partial charge in [-0.15, -0.1) is 11.3 Å². The van der Waals surface area contributed by atoms with E-state index in [1.807, 2.05) is 28.9 Å². The molecule has 8 heteroatoms. The number of amides is 1. The second kappa shape index (κ2) is 6.90. The number of nitro groups is 1. The summed E-state index contributed by atoms with van der Waals surface area (Å²) in [7, 11) is 0. The molecule has 0 saturated carbocycles. The van der Waals surface area contributed by atoms with Gasteiger partial charge in [0.1, 0.15) is 5.69 Å². The summed E-state index contributed by atoms with van der Waals surface area (Å²) in [5, 5.41) is 11.3. The average Bonchev–Trinajstić information content (AvgIpc) is 3.01. The Hall–Kier alpha value is -1.93. The third kappa shape index (κ3) is 3.44. The second-order valence-corrected chi connectivity index (χ2v) is 7.78. The number of benzene rings is 1. The zero-order valence-electron chi connectivity index (χ0n) is 13.1. The van der Waals surface area contributed by atoms with Crippen molar-refractivity contribution in [1.82, 2.24) is 4.90 Å². The molecule has 0 atom stereocenters. The lowest BCUT2D eigenvalue weighted by molar-refractivity contribution is -0.384. The highest BCUT2D eigenvalue weighted by Crippen LogP contribution is 2.32. The van der Waals surface area contributed by atoms with Crippen LogP contribution in [0.2, 0.25) is 0 Å². The van der Waals surface area contributed by atoms with Gasteiger partial charge < -0.3 is 9.80 Å². The molecule has 1 saturated heterocycles. The topological polar surface area (TPSA) is 66.7 Å². The Bertz CT molecular complexity index is 785. The first-order valence-corrected chi connectivity index (χ1v) is 9.11. The van der Waals surface area contributed by atoms with E-state index >= 15 is 0 Å². The molecule has 0 aliphatic carbocycles. The van der Waals surface area contributed by atoms with E-state index in [4.69, 9.17) is 0 Å². The summed E-state index contributed by atoms with van der Waals surface area (Å²) in [6.07, 6.45) is 0. The van der Waals surface area contributed by atoms with Crippen LogP contribution in [0, 0.1) is 17.0 Å². The molecule has 1 fully saturated rings. The number of carbonyl (C=O) groups excluding carboxylic acids is 1. The van der Waals surface area contributed by atoms with Crippen molar-refractivity contribution >= 4 is 44.5 Å². The molecule has 1 aliphatic rings. The summed E-state index contributed by atoms with van der Waals surface area (Å²) in [4.78, 5) is 29.0. The molecule has 0 unspecified atom stereocenters. The summed E-state index contributed by atoms with van der Waals surface area (Å²) in [5.74, 6) is 0.0399. The van der Waals surface area contributed by atoms with E-state index in [1.54, 1.807) is 12.1 Å². The van der Waals surface area contributed by atoms with Gasteiger partial charge in [0.05, 0.1) is 9.80 Å². The Kier molecular flexibility index (Phi) is 4.86. The highest BCUT2D eigenvalue weighted by molar-refractivity contribution is 9.10. The largest absolute Gasteiger partial charge is 0.362 e. The standard InChI is InChI=1S/C16H16BrN3O3S/c1-11-2-5-15(24-11)16(21)19-8-6-18(7-9-19)13-4-3-12(17)10-14(13)20(22)23/h2-5,10H,6-9H2,1H3. The first-order valence-electron chi connectivity index (χ1n) is 7.50. The molecule has 0 spiro atoms. The molecule has 24 heavy (non-hydrogen) atoms. The van der Waals surface area contributed by atoms with E-state index in [9.17, 15) is 14.9 Å². The van der Waals surface area contributed by atoms with Crippen LogP contribution in [-0.4, -0.2) is 41.9 Å². The number of nitro benzene ring substituents is 1. The average molecular weight is 410 g/mol. The van der Waals surface area contributed by atoms with Crippen LogP contribution in [0.5, 0.6) is 0 Å². The van der Waals surface area contributed by atoms with Crippen LogP contribution in [0.15, 0.2) is 34.8 Å². The van der Waals surface area contributed by atoms with Crippen molar-refractivity contribution in [2.24, 2.45) is 0 Å². The summed E-state index contributed by atoms with van der Waals surface area (Å²) in [5.41, 5.74) is 0.681. The maximum atomic E-state index is 12.5. The van der Waals surface area contributed by atoms with Crippen LogP contribution < -0.4 is 4.90 Å². The molecule has 1 aromatic carbocycles. The summed E-state index contributed by atoms with van der Waals surface area (Å²) >= 11 is 4.77. The van der Waals surface area contributed by atoms with Crippen LogP contribution >= 0.6 is 27.3 Å². The predicted molar refractivity (Wildman–Crippen MR) is 98.0 cm³/mol. The van der Waals surface area contributed by atoms with E-state index in [0.717, 1.165) is 9.75 Å². The van der Waals surface area contributed by atoms with Crippen molar-refractivity contribution in [3.63, 3.8) is 0 Å². The number of anilines is 1. The molecule has 2 heterocycles. The number of rotatable bonds is 3. The van der Waals surface area contributed by atoms with E-state index in [1.165, 1.54) is 17.4 Å². The van der Waals surface area contributed by atoms with Crippen molar-refractivity contribution in [2.45, 2.75) is 6.92 Å². The minimum atomic E-state index is -0.369. The molecule has 1 aromatic heterocycles. The molecule has 0 bridgehead atoms. The van der Waals surface area contributed by atoms with Crippen LogP contribution in [0.3, 0.4) is 0 Å². The van der Waals surface area contributed by atoms with Gasteiger partial charge in [-0.1, -0.05) is 15.9 Å². The molecule has 0 N–H and O–H groups in total. The fraction of sp³-hybridized carbons (Fsp3) is 0.312. The van der Waals surface area contributed by atoms with Gasteiger partial charge >= 0.3 is 0 Å². The molecule has 2 aromatic rings. The molecule has 6 nitrogen and oxygen atoms in total. The molecule has 1 amide bonds. The van der Waals surface area contributed by atoms with E-state index in [0.29, 0.717) is 36.3 Å². The van der Waals surface area contributed by atoms with Gasteiger partial charge in [0.25, 0.3) is 11.6 Å². The molecular weight excluding hydrogens is 394 g/mol. The van der Waals surface area contributed by atoms with Crippen LogP contribution in [0.4, 0.5) is 11.4 Å². The van der Waals surface area contributed by atoms with Gasteiger partial charge in [0.15, 0.2) is 0 Å². The van der Waals surface area contributed by atoms with Crippen LogP contribution in [0.25, 0.3) is 0 Å². The molecule has 3 rings (SSSR count). The number of aryl methyl sites for hydroxylation is 1. The Morgan fingerprint density at radius 3 is 2.50 bits per heavy atom. The molecule has 126 valence electrons. The third-order valence-corrected chi connectivity index (χ3v) is 5.47. The van der Waals surface area contributed by atoms with Crippen molar-refractivity contribution in [3.05, 3.63) is 54.7 Å². The van der Waals surface area contributed by atoms with Gasteiger partial charge in [0.2, 0.25) is 0 Å². The minimum Gasteiger partial charge on any atom is -0.362 e. The first-order chi connectivity index (χ1) is 11.5. The Morgan fingerprint density at radius 2 is 1.92 bits per heavy atom. The van der Waals surface area contributed by atoms with Gasteiger partial charge in [0, 0.05) is 41.6 Å². The summed E-state index contributed by atoms with van der Waals surface area (Å²) in [6.45, 7) is 4.26. The lowest BCUT2D eigenvalue weighted by Gasteiger charge is -2.35. The molecule has 1 aliphatic heterocycles. The van der Waals surface area contributed by atoms with Crippen molar-refractivity contribution in [2.75, 3.05) is 31.1 Å². The fourth-order valence-electron chi connectivity index (χ4n) is 2.77. The Balaban J connectivity index is 1.71. The van der Waals surface area contributed by atoms with Gasteiger partial charge in [-0.05, 0) is 31.2 Å². The lowest BCUT2D eigenvalue weighted by Crippen LogP contribution is -2.48. The van der Waals surface area contributed by atoms with E-state index in [2.05, 4.69) is 15.9 Å². The predicted octanol–water partition coefficient (Wildman–Crippen LogP) is 3.69. The van der Waals surface area contributed by atoms with Crippen molar-refractivity contribution in [3.8, 4) is 0 Å². The highest BCUT2D eigenvalue weighted by Gasteiger charge is 2.26. The number of hydrogen-bond acceptors (Lipinski definition) is 5. The van der Waals surface area contributed by atoms with Crippen LogP contribution in [-0.2, 0) is 0 Å². The zero-order chi connectivity index (χ0) is 17.3. The minimum absolute atomic E-state index is 0.0399. The monoisotopic (exact) mass is 409 g/mol. The first kappa shape index (κ1) is 16.9.